The number of carbonyl (C=O) groups excluding carboxylic acids is 1. The second-order valence-corrected chi connectivity index (χ2v) is 7.73. The van der Waals surface area contributed by atoms with Crippen LogP contribution in [-0.2, 0) is 6.54 Å². The van der Waals surface area contributed by atoms with Gasteiger partial charge in [-0.2, -0.15) is 0 Å². The lowest BCUT2D eigenvalue weighted by Crippen LogP contribution is -2.29. The lowest BCUT2D eigenvalue weighted by atomic mass is 10.2. The zero-order valence-electron chi connectivity index (χ0n) is 13.8. The molecule has 2 heterocycles. The average Bonchev–Trinajstić information content (AvgIpc) is 3.04. The van der Waals surface area contributed by atoms with Crippen molar-refractivity contribution in [3.63, 3.8) is 0 Å². The van der Waals surface area contributed by atoms with E-state index in [0.29, 0.717) is 10.7 Å². The highest BCUT2D eigenvalue weighted by Gasteiger charge is 2.15. The lowest BCUT2D eigenvalue weighted by molar-refractivity contribution is 0.102. The van der Waals surface area contributed by atoms with E-state index in [4.69, 9.17) is 0 Å². The summed E-state index contributed by atoms with van der Waals surface area (Å²) in [4.78, 5) is 25.0. The minimum atomic E-state index is -0.548. The molecule has 0 fully saturated rings. The first-order valence-corrected chi connectivity index (χ1v) is 9.58. The van der Waals surface area contributed by atoms with E-state index in [9.17, 15) is 14.0 Å². The number of thioether (sulfide) groups is 1. The molecule has 134 valence electrons. The molecule has 1 N–H and O–H groups in total. The molecule has 0 bridgehead atoms. The molecule has 0 aliphatic heterocycles. The Morgan fingerprint density at radius 2 is 2.15 bits per heavy atom. The Morgan fingerprint density at radius 1 is 1.31 bits per heavy atom. The molecular weight excluding hydrogens is 375 g/mol. The Labute approximate surface area is 157 Å². The standard InChI is InChI=1S/C17H15FN4O2S2/c1-2-25-17-21-20-16(26-17)19-14(23)13-7-4-8-22(15(13)24)10-11-5-3-6-12(18)9-11/h3-9H,2,10H2,1H3,(H,19,20,23). The van der Waals surface area contributed by atoms with Gasteiger partial charge in [-0.15, -0.1) is 10.2 Å². The van der Waals surface area contributed by atoms with E-state index in [2.05, 4.69) is 15.5 Å². The summed E-state index contributed by atoms with van der Waals surface area (Å²) >= 11 is 2.78. The summed E-state index contributed by atoms with van der Waals surface area (Å²) in [5.74, 6) is -0.0688. The van der Waals surface area contributed by atoms with Crippen LogP contribution in [0.2, 0.25) is 0 Å². The highest BCUT2D eigenvalue weighted by Crippen LogP contribution is 2.25. The van der Waals surface area contributed by atoms with Crippen molar-refractivity contribution in [1.29, 1.82) is 0 Å². The summed E-state index contributed by atoms with van der Waals surface area (Å²) in [6, 6.07) is 9.04. The third-order valence-corrected chi connectivity index (χ3v) is 5.26. The van der Waals surface area contributed by atoms with Gasteiger partial charge in [0.2, 0.25) is 5.13 Å². The Morgan fingerprint density at radius 3 is 2.92 bits per heavy atom. The Kier molecular flexibility index (Phi) is 5.79. The number of hydrogen-bond donors (Lipinski definition) is 1. The largest absolute Gasteiger partial charge is 0.310 e. The van der Waals surface area contributed by atoms with E-state index in [-0.39, 0.29) is 17.9 Å². The quantitative estimate of drug-likeness (QED) is 0.516. The van der Waals surface area contributed by atoms with E-state index in [0.717, 1.165) is 10.1 Å². The molecule has 0 unspecified atom stereocenters. The van der Waals surface area contributed by atoms with Gasteiger partial charge in [0.1, 0.15) is 11.4 Å². The molecule has 6 nitrogen and oxygen atoms in total. The van der Waals surface area contributed by atoms with Crippen LogP contribution in [0.25, 0.3) is 0 Å². The lowest BCUT2D eigenvalue weighted by Gasteiger charge is -2.08. The second kappa shape index (κ2) is 8.24. The third kappa shape index (κ3) is 4.36. The van der Waals surface area contributed by atoms with Crippen molar-refractivity contribution in [2.75, 3.05) is 11.1 Å². The molecule has 0 radical (unpaired) electrons. The monoisotopic (exact) mass is 390 g/mol. The fraction of sp³-hybridized carbons (Fsp3) is 0.176. The molecule has 0 aliphatic carbocycles. The van der Waals surface area contributed by atoms with Gasteiger partial charge in [0.25, 0.3) is 11.5 Å². The number of halogens is 1. The van der Waals surface area contributed by atoms with Gasteiger partial charge in [0.15, 0.2) is 4.34 Å². The molecule has 0 saturated carbocycles. The van der Waals surface area contributed by atoms with Gasteiger partial charge in [0.05, 0.1) is 6.54 Å². The highest BCUT2D eigenvalue weighted by molar-refractivity contribution is 8.01. The van der Waals surface area contributed by atoms with Crippen molar-refractivity contribution >= 4 is 34.1 Å². The zero-order chi connectivity index (χ0) is 18.5. The van der Waals surface area contributed by atoms with Gasteiger partial charge in [-0.1, -0.05) is 42.2 Å². The molecule has 0 saturated heterocycles. The predicted molar refractivity (Wildman–Crippen MR) is 100 cm³/mol. The first kappa shape index (κ1) is 18.3. The van der Waals surface area contributed by atoms with Crippen LogP contribution < -0.4 is 10.9 Å². The van der Waals surface area contributed by atoms with Gasteiger partial charge < -0.3 is 4.57 Å². The van der Waals surface area contributed by atoms with Crippen molar-refractivity contribution in [2.45, 2.75) is 17.8 Å². The van der Waals surface area contributed by atoms with Crippen LogP contribution in [0, 0.1) is 5.82 Å². The summed E-state index contributed by atoms with van der Waals surface area (Å²) in [5, 5.41) is 10.8. The fourth-order valence-corrected chi connectivity index (χ4v) is 3.92. The summed E-state index contributed by atoms with van der Waals surface area (Å²) in [6.45, 7) is 2.17. The minimum Gasteiger partial charge on any atom is -0.310 e. The molecular formula is C17H15FN4O2S2. The van der Waals surface area contributed by atoms with E-state index in [1.165, 1.54) is 45.9 Å². The van der Waals surface area contributed by atoms with Crippen LogP contribution in [0.5, 0.6) is 0 Å². The third-order valence-electron chi connectivity index (χ3n) is 3.40. The maximum atomic E-state index is 13.3. The Balaban J connectivity index is 1.79. The molecule has 1 aromatic carbocycles. The number of hydrogen-bond acceptors (Lipinski definition) is 6. The fourth-order valence-electron chi connectivity index (χ4n) is 2.27. The summed E-state index contributed by atoms with van der Waals surface area (Å²) in [5.41, 5.74) is 0.167. The molecule has 2 aromatic heterocycles. The number of aromatic nitrogens is 3. The first-order chi connectivity index (χ1) is 12.6. The normalized spacial score (nSPS) is 10.7. The van der Waals surface area contributed by atoms with Gasteiger partial charge in [-0.25, -0.2) is 4.39 Å². The second-order valence-electron chi connectivity index (χ2n) is 5.25. The molecule has 0 spiro atoms. The van der Waals surface area contributed by atoms with Crippen LogP contribution in [0.1, 0.15) is 22.8 Å². The number of nitrogens with zero attached hydrogens (tertiary/aromatic N) is 3. The Bertz CT molecular complexity index is 987. The van der Waals surface area contributed by atoms with Gasteiger partial charge in [0, 0.05) is 6.20 Å². The number of pyridine rings is 1. The van der Waals surface area contributed by atoms with Crippen molar-refractivity contribution in [3.8, 4) is 0 Å². The number of carbonyl (C=O) groups is 1. The molecule has 1 amide bonds. The summed E-state index contributed by atoms with van der Waals surface area (Å²) in [6.07, 6.45) is 1.56. The molecule has 0 atom stereocenters. The van der Waals surface area contributed by atoms with Crippen LogP contribution in [0.3, 0.4) is 0 Å². The van der Waals surface area contributed by atoms with Gasteiger partial charge in [-0.3, -0.25) is 14.9 Å². The molecule has 0 aliphatic rings. The number of anilines is 1. The maximum absolute atomic E-state index is 13.3. The molecule has 3 aromatic rings. The van der Waals surface area contributed by atoms with Crippen molar-refractivity contribution in [3.05, 3.63) is 69.9 Å². The predicted octanol–water partition coefficient (Wildman–Crippen LogP) is 3.25. The van der Waals surface area contributed by atoms with Crippen LogP contribution in [-0.4, -0.2) is 26.4 Å². The molecule has 9 heteroatoms. The van der Waals surface area contributed by atoms with Crippen molar-refractivity contribution in [2.24, 2.45) is 0 Å². The number of rotatable bonds is 6. The van der Waals surface area contributed by atoms with Gasteiger partial charge in [-0.05, 0) is 35.6 Å². The molecule has 3 rings (SSSR count). The smallest absolute Gasteiger partial charge is 0.263 e. The average molecular weight is 390 g/mol. The van der Waals surface area contributed by atoms with Crippen molar-refractivity contribution < 1.29 is 9.18 Å². The number of nitrogens with one attached hydrogen (secondary N) is 1. The van der Waals surface area contributed by atoms with Crippen LogP contribution >= 0.6 is 23.1 Å². The van der Waals surface area contributed by atoms with E-state index >= 15 is 0 Å². The summed E-state index contributed by atoms with van der Waals surface area (Å²) < 4.78 is 15.4. The first-order valence-electron chi connectivity index (χ1n) is 7.78. The van der Waals surface area contributed by atoms with Crippen LogP contribution in [0.15, 0.2) is 51.7 Å². The topological polar surface area (TPSA) is 76.9 Å². The summed E-state index contributed by atoms with van der Waals surface area (Å²) in [7, 11) is 0. The van der Waals surface area contributed by atoms with Gasteiger partial charge >= 0.3 is 0 Å². The Hall–Kier alpha value is -2.52. The van der Waals surface area contributed by atoms with Crippen LogP contribution in [0.4, 0.5) is 9.52 Å². The maximum Gasteiger partial charge on any atom is 0.263 e. The minimum absolute atomic E-state index is 0.0104. The van der Waals surface area contributed by atoms with E-state index in [1.807, 2.05) is 6.92 Å². The SMILES string of the molecule is CCSc1nnc(NC(=O)c2cccn(Cc3cccc(F)c3)c2=O)s1. The number of amides is 1. The zero-order valence-corrected chi connectivity index (χ0v) is 15.4. The van der Waals surface area contributed by atoms with Crippen molar-refractivity contribution in [1.82, 2.24) is 14.8 Å². The van der Waals surface area contributed by atoms with E-state index < -0.39 is 11.5 Å². The van der Waals surface area contributed by atoms with E-state index in [1.54, 1.807) is 24.4 Å². The molecule has 26 heavy (non-hydrogen) atoms. The number of benzene rings is 1. The highest BCUT2D eigenvalue weighted by atomic mass is 32.2.